The number of carbonyl (C=O) groups is 1. The predicted octanol–water partition coefficient (Wildman–Crippen LogP) is 2.89. The predicted molar refractivity (Wildman–Crippen MR) is 98.0 cm³/mol. The molecule has 0 bridgehead atoms. The third-order valence-electron chi connectivity index (χ3n) is 4.42. The van der Waals surface area contributed by atoms with Crippen LogP contribution in [0.4, 0.5) is 10.5 Å². The summed E-state index contributed by atoms with van der Waals surface area (Å²) in [6.45, 7) is 12.5. The summed E-state index contributed by atoms with van der Waals surface area (Å²) in [5, 5.41) is 9.14. The zero-order valence-electron chi connectivity index (χ0n) is 15.8. The van der Waals surface area contributed by atoms with Gasteiger partial charge in [-0.15, -0.1) is 0 Å². The van der Waals surface area contributed by atoms with Gasteiger partial charge in [0.25, 0.3) is 0 Å². The van der Waals surface area contributed by atoms with Crippen LogP contribution < -0.4 is 5.73 Å². The molecule has 2 rings (SSSR count). The molecule has 0 radical (unpaired) electrons. The van der Waals surface area contributed by atoms with Crippen LogP contribution in [0.3, 0.4) is 0 Å². The molecule has 1 fully saturated rings. The Morgan fingerprint density at radius 3 is 2.64 bits per heavy atom. The lowest BCUT2D eigenvalue weighted by Crippen LogP contribution is -2.54. The Hall–Kier alpha value is -2.26. The first-order valence-electron chi connectivity index (χ1n) is 8.62. The summed E-state index contributed by atoms with van der Waals surface area (Å²) in [5.74, 6) is 0. The molecular formula is C19H28N4O2. The average molecular weight is 344 g/mol. The van der Waals surface area contributed by atoms with E-state index in [2.05, 4.69) is 11.0 Å². The first-order valence-corrected chi connectivity index (χ1v) is 8.62. The van der Waals surface area contributed by atoms with Gasteiger partial charge in [0.1, 0.15) is 5.60 Å². The van der Waals surface area contributed by atoms with Gasteiger partial charge in [-0.2, -0.15) is 5.26 Å². The molecule has 0 aliphatic carbocycles. The van der Waals surface area contributed by atoms with E-state index in [1.165, 1.54) is 0 Å². The molecule has 1 heterocycles. The monoisotopic (exact) mass is 344 g/mol. The molecule has 1 aliphatic rings. The molecule has 1 aromatic carbocycles. The molecular weight excluding hydrogens is 316 g/mol. The van der Waals surface area contributed by atoms with Crippen molar-refractivity contribution in [3.05, 3.63) is 28.8 Å². The highest BCUT2D eigenvalue weighted by Crippen LogP contribution is 2.22. The molecule has 25 heavy (non-hydrogen) atoms. The quantitative estimate of drug-likeness (QED) is 0.834. The highest BCUT2D eigenvalue weighted by Gasteiger charge is 2.30. The summed E-state index contributed by atoms with van der Waals surface area (Å²) < 4.78 is 5.48. The van der Waals surface area contributed by atoms with Gasteiger partial charge in [0.2, 0.25) is 0 Å². The van der Waals surface area contributed by atoms with Gasteiger partial charge in [0.05, 0.1) is 11.6 Å². The number of amides is 1. The molecule has 1 unspecified atom stereocenters. The fourth-order valence-corrected chi connectivity index (χ4v) is 3.04. The number of ether oxygens (including phenoxy) is 1. The van der Waals surface area contributed by atoms with Crippen LogP contribution in [0.5, 0.6) is 0 Å². The molecule has 2 N–H and O–H groups in total. The van der Waals surface area contributed by atoms with Gasteiger partial charge in [-0.25, -0.2) is 4.79 Å². The second-order valence-electron chi connectivity index (χ2n) is 7.72. The van der Waals surface area contributed by atoms with Crippen LogP contribution in [0.15, 0.2) is 12.1 Å². The van der Waals surface area contributed by atoms with Crippen molar-refractivity contribution in [3.8, 4) is 6.07 Å². The minimum Gasteiger partial charge on any atom is -0.444 e. The van der Waals surface area contributed by atoms with E-state index in [9.17, 15) is 4.79 Å². The second-order valence-corrected chi connectivity index (χ2v) is 7.72. The Bertz CT molecular complexity index is 688. The van der Waals surface area contributed by atoms with Crippen LogP contribution >= 0.6 is 0 Å². The number of anilines is 1. The van der Waals surface area contributed by atoms with Crippen molar-refractivity contribution in [2.24, 2.45) is 0 Å². The number of rotatable bonds is 2. The summed E-state index contributed by atoms with van der Waals surface area (Å²) in [5.41, 5.74) is 8.83. The summed E-state index contributed by atoms with van der Waals surface area (Å²) in [7, 11) is 0. The number of benzene rings is 1. The van der Waals surface area contributed by atoms with E-state index in [0.29, 0.717) is 17.8 Å². The zero-order chi connectivity index (χ0) is 18.8. The molecule has 6 nitrogen and oxygen atoms in total. The van der Waals surface area contributed by atoms with Gasteiger partial charge in [-0.1, -0.05) is 0 Å². The normalized spacial score (nSPS) is 18.7. The Kier molecular flexibility index (Phi) is 5.58. The minimum atomic E-state index is -0.486. The molecule has 136 valence electrons. The molecule has 1 aliphatic heterocycles. The molecule has 0 aromatic heterocycles. The molecule has 1 aromatic rings. The zero-order valence-corrected chi connectivity index (χ0v) is 15.8. The molecule has 1 amide bonds. The standard InChI is InChI=1S/C19H28N4O2/c1-13-11-22(6-7-23(13)18(24)25-19(3,4)5)12-16-8-15(10-20)9-17(21)14(16)2/h8-9,13H,6-7,11-12,21H2,1-5H3. The Morgan fingerprint density at radius 2 is 2.08 bits per heavy atom. The Balaban J connectivity index is 2.04. The number of nitrogens with two attached hydrogens (primary N) is 1. The lowest BCUT2D eigenvalue weighted by Gasteiger charge is -2.40. The number of carbonyl (C=O) groups excluding carboxylic acids is 1. The van der Waals surface area contributed by atoms with Crippen molar-refractivity contribution in [1.82, 2.24) is 9.80 Å². The summed E-state index contributed by atoms with van der Waals surface area (Å²) >= 11 is 0. The molecule has 6 heteroatoms. The fourth-order valence-electron chi connectivity index (χ4n) is 3.04. The lowest BCUT2D eigenvalue weighted by molar-refractivity contribution is 0.000542. The third kappa shape index (κ3) is 4.86. The largest absolute Gasteiger partial charge is 0.444 e. The van der Waals surface area contributed by atoms with Crippen LogP contribution in [0, 0.1) is 18.3 Å². The lowest BCUT2D eigenvalue weighted by atomic mass is 10.0. The maximum atomic E-state index is 12.3. The van der Waals surface area contributed by atoms with E-state index in [1.54, 1.807) is 11.0 Å². The van der Waals surface area contributed by atoms with Gasteiger partial charge in [0, 0.05) is 37.9 Å². The number of nitrogen functional groups attached to an aromatic ring is 1. The first-order chi connectivity index (χ1) is 11.6. The smallest absolute Gasteiger partial charge is 0.410 e. The van der Waals surface area contributed by atoms with Crippen LogP contribution in [-0.2, 0) is 11.3 Å². The van der Waals surface area contributed by atoms with Gasteiger partial charge < -0.3 is 15.4 Å². The van der Waals surface area contributed by atoms with Crippen LogP contribution in [0.1, 0.15) is 44.4 Å². The van der Waals surface area contributed by atoms with E-state index in [1.807, 2.05) is 40.7 Å². The summed E-state index contributed by atoms with van der Waals surface area (Å²) in [6, 6.07) is 5.84. The van der Waals surface area contributed by atoms with Gasteiger partial charge in [-0.05, 0) is 57.9 Å². The number of nitriles is 1. The molecule has 1 atom stereocenters. The van der Waals surface area contributed by atoms with Gasteiger partial charge in [0.15, 0.2) is 0 Å². The number of hydrogen-bond donors (Lipinski definition) is 1. The second kappa shape index (κ2) is 7.32. The third-order valence-corrected chi connectivity index (χ3v) is 4.42. The van der Waals surface area contributed by atoms with Crippen molar-refractivity contribution in [1.29, 1.82) is 5.26 Å². The van der Waals surface area contributed by atoms with E-state index in [-0.39, 0.29) is 12.1 Å². The van der Waals surface area contributed by atoms with Gasteiger partial charge >= 0.3 is 6.09 Å². The van der Waals surface area contributed by atoms with Crippen molar-refractivity contribution in [2.45, 2.75) is 52.8 Å². The number of hydrogen-bond acceptors (Lipinski definition) is 5. The number of piperazine rings is 1. The molecule has 0 saturated carbocycles. The summed E-state index contributed by atoms with van der Waals surface area (Å²) in [6.07, 6.45) is -0.258. The first kappa shape index (κ1) is 19.1. The van der Waals surface area contributed by atoms with E-state index < -0.39 is 5.60 Å². The van der Waals surface area contributed by atoms with E-state index in [0.717, 1.165) is 30.8 Å². The van der Waals surface area contributed by atoms with Crippen molar-refractivity contribution in [2.75, 3.05) is 25.4 Å². The molecule has 0 spiro atoms. The maximum absolute atomic E-state index is 12.3. The van der Waals surface area contributed by atoms with Gasteiger partial charge in [-0.3, -0.25) is 4.90 Å². The van der Waals surface area contributed by atoms with E-state index in [4.69, 9.17) is 15.7 Å². The maximum Gasteiger partial charge on any atom is 0.410 e. The highest BCUT2D eigenvalue weighted by atomic mass is 16.6. The molecule has 1 saturated heterocycles. The summed E-state index contributed by atoms with van der Waals surface area (Å²) in [4.78, 5) is 16.4. The van der Waals surface area contributed by atoms with Crippen LogP contribution in [0.2, 0.25) is 0 Å². The van der Waals surface area contributed by atoms with Crippen LogP contribution in [0.25, 0.3) is 0 Å². The number of nitrogens with zero attached hydrogens (tertiary/aromatic N) is 3. The van der Waals surface area contributed by atoms with Crippen molar-refractivity contribution in [3.63, 3.8) is 0 Å². The SMILES string of the molecule is Cc1c(N)cc(C#N)cc1CN1CCN(C(=O)OC(C)(C)C)C(C)C1. The van der Waals surface area contributed by atoms with Crippen molar-refractivity contribution < 1.29 is 9.53 Å². The van der Waals surface area contributed by atoms with Crippen LogP contribution in [-0.4, -0.2) is 47.2 Å². The Labute approximate surface area is 150 Å². The topological polar surface area (TPSA) is 82.6 Å². The average Bonchev–Trinajstić information content (AvgIpc) is 2.49. The highest BCUT2D eigenvalue weighted by molar-refractivity contribution is 5.68. The Morgan fingerprint density at radius 1 is 1.40 bits per heavy atom. The van der Waals surface area contributed by atoms with Crippen molar-refractivity contribution >= 4 is 11.8 Å². The van der Waals surface area contributed by atoms with E-state index >= 15 is 0 Å². The fraction of sp³-hybridized carbons (Fsp3) is 0.579. The minimum absolute atomic E-state index is 0.0698.